The summed E-state index contributed by atoms with van der Waals surface area (Å²) in [6.07, 6.45) is 1.96. The number of ether oxygens (including phenoxy) is 1. The highest BCUT2D eigenvalue weighted by Crippen LogP contribution is 2.22. The molecular weight excluding hydrogens is 448 g/mol. The zero-order valence-corrected chi connectivity index (χ0v) is 18.0. The second-order valence-corrected chi connectivity index (χ2v) is 8.34. The van der Waals surface area contributed by atoms with Crippen molar-refractivity contribution < 1.29 is 14.3 Å². The summed E-state index contributed by atoms with van der Waals surface area (Å²) in [6.45, 7) is 2.07. The summed E-state index contributed by atoms with van der Waals surface area (Å²) in [5.74, 6) is -0.701. The maximum Gasteiger partial charge on any atom is 0.326 e. The fraction of sp³-hybridized carbons (Fsp3) is 0.211. The minimum absolute atomic E-state index is 0.00639. The van der Waals surface area contributed by atoms with Crippen LogP contribution in [0.1, 0.15) is 17.3 Å². The number of amides is 1. The molecule has 5 nitrogen and oxygen atoms in total. The number of benzene rings is 2. The van der Waals surface area contributed by atoms with Gasteiger partial charge in [0.25, 0.3) is 5.91 Å². The van der Waals surface area contributed by atoms with E-state index < -0.39 is 0 Å². The lowest BCUT2D eigenvalue weighted by Gasteiger charge is -2.05. The van der Waals surface area contributed by atoms with Crippen LogP contribution in [-0.4, -0.2) is 29.3 Å². The van der Waals surface area contributed by atoms with E-state index in [4.69, 9.17) is 4.74 Å². The van der Waals surface area contributed by atoms with Gasteiger partial charge in [0, 0.05) is 14.9 Å². The van der Waals surface area contributed by atoms with Crippen LogP contribution in [0.4, 0.5) is 0 Å². The Morgan fingerprint density at radius 3 is 2.81 bits per heavy atom. The van der Waals surface area contributed by atoms with Gasteiger partial charge in [0.05, 0.1) is 16.8 Å². The Morgan fingerprint density at radius 2 is 2.07 bits per heavy atom. The molecule has 1 aromatic heterocycles. The summed E-state index contributed by atoms with van der Waals surface area (Å²) in [6, 6.07) is 13.1. The number of hydrogen-bond donors (Lipinski definition) is 0. The number of halogens is 1. The smallest absolute Gasteiger partial charge is 0.326 e. The summed E-state index contributed by atoms with van der Waals surface area (Å²) in [4.78, 5) is 30.5. The molecule has 2 aromatic carbocycles. The van der Waals surface area contributed by atoms with E-state index in [2.05, 4.69) is 20.9 Å². The summed E-state index contributed by atoms with van der Waals surface area (Å²) < 4.78 is 8.64. The number of rotatable bonds is 5. The molecular formula is C19H17BrN2O3S2. The van der Waals surface area contributed by atoms with E-state index >= 15 is 0 Å². The van der Waals surface area contributed by atoms with Crippen LogP contribution in [0.15, 0.2) is 56.8 Å². The molecule has 0 radical (unpaired) electrons. The molecule has 140 valence electrons. The van der Waals surface area contributed by atoms with E-state index in [1.165, 1.54) is 11.3 Å². The van der Waals surface area contributed by atoms with Crippen molar-refractivity contribution in [3.63, 3.8) is 0 Å². The zero-order chi connectivity index (χ0) is 19.4. The number of nitrogens with zero attached hydrogens (tertiary/aromatic N) is 2. The zero-order valence-electron chi connectivity index (χ0n) is 14.8. The van der Waals surface area contributed by atoms with E-state index in [0.717, 1.165) is 19.6 Å². The molecule has 1 amide bonds. The molecule has 1 heterocycles. The first kappa shape index (κ1) is 19.9. The largest absolute Gasteiger partial charge is 0.465 e. The van der Waals surface area contributed by atoms with E-state index in [1.807, 2.05) is 42.7 Å². The van der Waals surface area contributed by atoms with Gasteiger partial charge in [-0.05, 0) is 49.6 Å². The van der Waals surface area contributed by atoms with Gasteiger partial charge in [-0.3, -0.25) is 9.59 Å². The molecule has 0 atom stereocenters. The van der Waals surface area contributed by atoms with Gasteiger partial charge in [-0.25, -0.2) is 0 Å². The first-order valence-corrected chi connectivity index (χ1v) is 11.0. The highest BCUT2D eigenvalue weighted by atomic mass is 79.9. The fourth-order valence-electron chi connectivity index (χ4n) is 2.53. The maximum absolute atomic E-state index is 12.7. The molecule has 0 bridgehead atoms. The molecule has 0 spiro atoms. The Hall–Kier alpha value is -1.90. The third-order valence-electron chi connectivity index (χ3n) is 3.75. The Labute approximate surface area is 173 Å². The molecule has 0 unspecified atom stereocenters. The second-order valence-electron chi connectivity index (χ2n) is 5.54. The quantitative estimate of drug-likeness (QED) is 0.412. The highest BCUT2D eigenvalue weighted by molar-refractivity contribution is 9.10. The van der Waals surface area contributed by atoms with Crippen molar-refractivity contribution in [3.8, 4) is 0 Å². The van der Waals surface area contributed by atoms with E-state index in [9.17, 15) is 9.59 Å². The predicted octanol–water partition coefficient (Wildman–Crippen LogP) is 4.49. The summed E-state index contributed by atoms with van der Waals surface area (Å²) in [7, 11) is 0. The Balaban J connectivity index is 2.09. The van der Waals surface area contributed by atoms with Crippen LogP contribution in [0, 0.1) is 0 Å². The maximum atomic E-state index is 12.7. The monoisotopic (exact) mass is 464 g/mol. The number of thioether (sulfide) groups is 1. The van der Waals surface area contributed by atoms with Crippen LogP contribution in [0.2, 0.25) is 0 Å². The first-order valence-electron chi connectivity index (χ1n) is 8.19. The van der Waals surface area contributed by atoms with Crippen molar-refractivity contribution >= 4 is 61.1 Å². The van der Waals surface area contributed by atoms with Crippen molar-refractivity contribution in [2.24, 2.45) is 4.99 Å². The number of carbonyl (C=O) groups is 2. The summed E-state index contributed by atoms with van der Waals surface area (Å²) >= 11 is 6.38. The van der Waals surface area contributed by atoms with Crippen molar-refractivity contribution in [3.05, 3.63) is 57.3 Å². The highest BCUT2D eigenvalue weighted by Gasteiger charge is 2.13. The lowest BCUT2D eigenvalue weighted by Crippen LogP contribution is -2.23. The van der Waals surface area contributed by atoms with Crippen LogP contribution >= 0.6 is 39.0 Å². The van der Waals surface area contributed by atoms with Gasteiger partial charge in [0.1, 0.15) is 6.54 Å². The molecule has 3 rings (SSSR count). The third kappa shape index (κ3) is 4.69. The summed E-state index contributed by atoms with van der Waals surface area (Å²) in [5, 5.41) is 0. The standard InChI is InChI=1S/C19H17BrN2O3S2/c1-3-25-17(23)11-22-15-8-7-13(20)10-16(15)27-19(22)21-18(24)12-5-4-6-14(9-12)26-2/h4-10H,3,11H2,1-2H3. The number of thiazole rings is 1. The van der Waals surface area contributed by atoms with Gasteiger partial charge < -0.3 is 9.30 Å². The minimum atomic E-state index is -0.363. The van der Waals surface area contributed by atoms with Gasteiger partial charge in [-0.1, -0.05) is 33.3 Å². The molecule has 3 aromatic rings. The molecule has 0 N–H and O–H groups in total. The number of fused-ring (bicyclic) bond motifs is 1. The minimum Gasteiger partial charge on any atom is -0.465 e. The van der Waals surface area contributed by atoms with Crippen molar-refractivity contribution in [1.29, 1.82) is 0 Å². The number of hydrogen-bond acceptors (Lipinski definition) is 5. The average Bonchev–Trinajstić information content (AvgIpc) is 2.98. The fourth-order valence-corrected chi connectivity index (χ4v) is 4.57. The average molecular weight is 465 g/mol. The van der Waals surface area contributed by atoms with Crippen LogP contribution in [0.3, 0.4) is 0 Å². The molecule has 0 aliphatic rings. The molecule has 0 aliphatic heterocycles. The number of carbonyl (C=O) groups excluding carboxylic acids is 2. The normalized spacial score (nSPS) is 11.7. The Morgan fingerprint density at radius 1 is 1.26 bits per heavy atom. The molecule has 0 saturated heterocycles. The van der Waals surface area contributed by atoms with Gasteiger partial charge >= 0.3 is 5.97 Å². The van der Waals surface area contributed by atoms with Crippen molar-refractivity contribution in [2.75, 3.05) is 12.9 Å². The predicted molar refractivity (Wildman–Crippen MR) is 112 cm³/mol. The lowest BCUT2D eigenvalue weighted by atomic mass is 10.2. The van der Waals surface area contributed by atoms with Crippen LogP contribution in [0.5, 0.6) is 0 Å². The van der Waals surface area contributed by atoms with Gasteiger partial charge in [-0.15, -0.1) is 11.8 Å². The van der Waals surface area contributed by atoms with E-state index in [-0.39, 0.29) is 18.4 Å². The van der Waals surface area contributed by atoms with Crippen LogP contribution in [0.25, 0.3) is 10.2 Å². The first-order chi connectivity index (χ1) is 13.0. The number of esters is 1. The van der Waals surface area contributed by atoms with E-state index in [1.54, 1.807) is 29.3 Å². The van der Waals surface area contributed by atoms with Gasteiger partial charge in [0.15, 0.2) is 4.80 Å². The molecule has 0 saturated carbocycles. The molecule has 0 aliphatic carbocycles. The van der Waals surface area contributed by atoms with Crippen molar-refractivity contribution in [2.45, 2.75) is 18.4 Å². The van der Waals surface area contributed by atoms with E-state index in [0.29, 0.717) is 17.0 Å². The molecule has 0 fully saturated rings. The second kappa shape index (κ2) is 8.86. The SMILES string of the molecule is CCOC(=O)Cn1c(=NC(=O)c2cccc(SC)c2)sc2cc(Br)ccc21. The van der Waals surface area contributed by atoms with Gasteiger partial charge in [-0.2, -0.15) is 4.99 Å². The van der Waals surface area contributed by atoms with Crippen LogP contribution < -0.4 is 4.80 Å². The molecule has 8 heteroatoms. The lowest BCUT2D eigenvalue weighted by molar-refractivity contribution is -0.143. The third-order valence-corrected chi connectivity index (χ3v) is 6.01. The Kier molecular flexibility index (Phi) is 6.51. The van der Waals surface area contributed by atoms with Crippen molar-refractivity contribution in [1.82, 2.24) is 4.57 Å². The molecule has 27 heavy (non-hydrogen) atoms. The topological polar surface area (TPSA) is 60.7 Å². The summed E-state index contributed by atoms with van der Waals surface area (Å²) in [5.41, 5.74) is 1.35. The van der Waals surface area contributed by atoms with Gasteiger partial charge in [0.2, 0.25) is 0 Å². The Bertz CT molecular complexity index is 1070. The number of aromatic nitrogens is 1. The van der Waals surface area contributed by atoms with Crippen LogP contribution in [-0.2, 0) is 16.1 Å².